The van der Waals surface area contributed by atoms with Gasteiger partial charge in [-0.3, -0.25) is 0 Å². The van der Waals surface area contributed by atoms with Gasteiger partial charge < -0.3 is 4.42 Å². The fourth-order valence-corrected chi connectivity index (χ4v) is 4.21. The molecule has 6 aromatic rings. The number of rotatable bonds is 3. The maximum absolute atomic E-state index is 6.34. The van der Waals surface area contributed by atoms with E-state index < -0.39 is 0 Å². The van der Waals surface area contributed by atoms with E-state index >= 15 is 0 Å². The van der Waals surface area contributed by atoms with Gasteiger partial charge >= 0.3 is 0 Å². The Hall–Kier alpha value is -4.02. The van der Waals surface area contributed by atoms with E-state index in [1.54, 1.807) is 0 Å². The summed E-state index contributed by atoms with van der Waals surface area (Å²) in [5.41, 5.74) is 5.31. The van der Waals surface area contributed by atoms with E-state index in [-0.39, 0.29) is 5.28 Å². The highest BCUT2D eigenvalue weighted by Gasteiger charge is 2.20. The fourth-order valence-electron chi connectivity index (χ4n) is 4.05. The van der Waals surface area contributed by atoms with Crippen LogP contribution in [0.25, 0.3) is 55.8 Å². The molecule has 0 amide bonds. The van der Waals surface area contributed by atoms with Gasteiger partial charge in [0.25, 0.3) is 0 Å². The van der Waals surface area contributed by atoms with Gasteiger partial charge in [0.05, 0.1) is 0 Å². The Morgan fingerprint density at radius 1 is 0.562 bits per heavy atom. The van der Waals surface area contributed by atoms with Crippen molar-refractivity contribution in [3.8, 4) is 33.9 Å². The first-order valence-electron chi connectivity index (χ1n) is 10.2. The van der Waals surface area contributed by atoms with Crippen LogP contribution in [0.4, 0.5) is 0 Å². The van der Waals surface area contributed by atoms with Crippen molar-refractivity contribution < 1.29 is 4.42 Å². The number of hydrogen-bond acceptors (Lipinski definition) is 4. The third kappa shape index (κ3) is 3.13. The molecule has 4 aromatic carbocycles. The van der Waals surface area contributed by atoms with Crippen LogP contribution in [0.15, 0.2) is 101 Å². The molecule has 6 rings (SSSR count). The molecule has 0 radical (unpaired) electrons. The summed E-state index contributed by atoms with van der Waals surface area (Å²) < 4.78 is 6.34. The van der Waals surface area contributed by atoms with Crippen molar-refractivity contribution in [2.45, 2.75) is 0 Å². The van der Waals surface area contributed by atoms with Crippen molar-refractivity contribution in [3.63, 3.8) is 0 Å². The van der Waals surface area contributed by atoms with Gasteiger partial charge in [0.1, 0.15) is 11.2 Å². The monoisotopic (exact) mass is 433 g/mol. The van der Waals surface area contributed by atoms with Crippen LogP contribution in [0.2, 0.25) is 5.28 Å². The molecule has 4 nitrogen and oxygen atoms in total. The number of furan rings is 1. The predicted molar refractivity (Wildman–Crippen MR) is 128 cm³/mol. The van der Waals surface area contributed by atoms with Gasteiger partial charge in [0.2, 0.25) is 5.28 Å². The van der Waals surface area contributed by atoms with Crippen LogP contribution in [-0.2, 0) is 0 Å². The van der Waals surface area contributed by atoms with Crippen LogP contribution >= 0.6 is 11.6 Å². The summed E-state index contributed by atoms with van der Waals surface area (Å²) >= 11 is 6.34. The first-order chi connectivity index (χ1) is 15.8. The van der Waals surface area contributed by atoms with Crippen molar-refractivity contribution in [1.82, 2.24) is 15.0 Å². The first kappa shape index (κ1) is 18.7. The standard InChI is InChI=1S/C27H16ClN3O/c28-27-30-25(18-11-5-2-6-12-18)29-26(31-27)21-16-15-20-19-13-7-8-14-22(19)32-24(20)23(21)17-9-3-1-4-10-17/h1-16H. The molecule has 0 aliphatic rings. The number of para-hydroxylation sites is 1. The number of hydrogen-bond donors (Lipinski definition) is 0. The minimum absolute atomic E-state index is 0.151. The second kappa shape index (κ2) is 7.59. The second-order valence-corrected chi connectivity index (χ2v) is 7.78. The van der Waals surface area contributed by atoms with E-state index in [4.69, 9.17) is 21.0 Å². The summed E-state index contributed by atoms with van der Waals surface area (Å²) in [7, 11) is 0. The van der Waals surface area contributed by atoms with E-state index in [0.717, 1.165) is 44.2 Å². The number of aromatic nitrogens is 3. The summed E-state index contributed by atoms with van der Waals surface area (Å²) in [5.74, 6) is 1.04. The van der Waals surface area contributed by atoms with E-state index in [1.807, 2.05) is 72.8 Å². The van der Waals surface area contributed by atoms with E-state index in [0.29, 0.717) is 11.6 Å². The quantitative estimate of drug-likeness (QED) is 0.291. The largest absolute Gasteiger partial charge is 0.455 e. The maximum atomic E-state index is 6.34. The van der Waals surface area contributed by atoms with Crippen LogP contribution in [0.1, 0.15) is 0 Å². The fraction of sp³-hybridized carbons (Fsp3) is 0. The van der Waals surface area contributed by atoms with Crippen LogP contribution < -0.4 is 0 Å². The van der Waals surface area contributed by atoms with Gasteiger partial charge in [-0.25, -0.2) is 4.98 Å². The van der Waals surface area contributed by atoms with E-state index in [2.05, 4.69) is 34.2 Å². The lowest BCUT2D eigenvalue weighted by molar-refractivity contribution is 0.670. The van der Waals surface area contributed by atoms with Crippen LogP contribution in [-0.4, -0.2) is 15.0 Å². The Labute approximate surface area is 189 Å². The Morgan fingerprint density at radius 3 is 2.00 bits per heavy atom. The number of fused-ring (bicyclic) bond motifs is 3. The maximum Gasteiger partial charge on any atom is 0.226 e. The summed E-state index contributed by atoms with van der Waals surface area (Å²) in [4.78, 5) is 13.6. The zero-order valence-electron chi connectivity index (χ0n) is 16.9. The molecule has 0 bridgehead atoms. The molecular formula is C27H16ClN3O. The Bertz CT molecular complexity index is 1580. The molecule has 0 unspecified atom stereocenters. The highest BCUT2D eigenvalue weighted by atomic mass is 35.5. The molecule has 152 valence electrons. The lowest BCUT2D eigenvalue weighted by Gasteiger charge is -2.11. The summed E-state index contributed by atoms with van der Waals surface area (Å²) in [5, 5.41) is 2.27. The van der Waals surface area contributed by atoms with Gasteiger partial charge in [0.15, 0.2) is 11.6 Å². The van der Waals surface area contributed by atoms with Gasteiger partial charge in [-0.05, 0) is 35.4 Å². The summed E-state index contributed by atoms with van der Waals surface area (Å²) in [6.45, 7) is 0. The number of benzene rings is 4. The third-order valence-electron chi connectivity index (χ3n) is 5.49. The molecule has 0 saturated heterocycles. The summed E-state index contributed by atoms with van der Waals surface area (Å²) in [6.07, 6.45) is 0. The molecule has 0 spiro atoms. The molecule has 0 atom stereocenters. The molecule has 2 heterocycles. The molecule has 0 aliphatic carbocycles. The Balaban J connectivity index is 1.67. The lowest BCUT2D eigenvalue weighted by Crippen LogP contribution is -1.98. The third-order valence-corrected chi connectivity index (χ3v) is 5.66. The first-order valence-corrected chi connectivity index (χ1v) is 10.6. The zero-order valence-corrected chi connectivity index (χ0v) is 17.6. The van der Waals surface area contributed by atoms with Gasteiger partial charge in [0, 0.05) is 27.5 Å². The molecule has 0 fully saturated rings. The minimum Gasteiger partial charge on any atom is -0.455 e. The van der Waals surface area contributed by atoms with Crippen molar-refractivity contribution in [2.75, 3.05) is 0 Å². The lowest BCUT2D eigenvalue weighted by atomic mass is 9.96. The Morgan fingerprint density at radius 2 is 1.22 bits per heavy atom. The summed E-state index contributed by atoms with van der Waals surface area (Å²) in [6, 6.07) is 32.0. The smallest absolute Gasteiger partial charge is 0.226 e. The van der Waals surface area contributed by atoms with Crippen molar-refractivity contribution >= 4 is 33.5 Å². The van der Waals surface area contributed by atoms with Gasteiger partial charge in [-0.2, -0.15) is 9.97 Å². The minimum atomic E-state index is 0.151. The molecular weight excluding hydrogens is 418 g/mol. The van der Waals surface area contributed by atoms with Crippen LogP contribution in [0.5, 0.6) is 0 Å². The molecule has 5 heteroatoms. The predicted octanol–water partition coefficient (Wildman–Crippen LogP) is 7.43. The molecule has 32 heavy (non-hydrogen) atoms. The van der Waals surface area contributed by atoms with Crippen LogP contribution in [0.3, 0.4) is 0 Å². The van der Waals surface area contributed by atoms with Crippen molar-refractivity contribution in [1.29, 1.82) is 0 Å². The highest BCUT2D eigenvalue weighted by molar-refractivity contribution is 6.28. The van der Waals surface area contributed by atoms with Gasteiger partial charge in [-0.15, -0.1) is 0 Å². The molecule has 0 aliphatic heterocycles. The highest BCUT2D eigenvalue weighted by Crippen LogP contribution is 2.41. The normalized spacial score (nSPS) is 11.3. The number of halogens is 1. The topological polar surface area (TPSA) is 51.8 Å². The SMILES string of the molecule is Clc1nc(-c2ccccc2)nc(-c2ccc3c(oc4ccccc43)c2-c2ccccc2)n1. The number of nitrogens with zero attached hydrogens (tertiary/aromatic N) is 3. The average Bonchev–Trinajstić information content (AvgIpc) is 3.23. The van der Waals surface area contributed by atoms with E-state index in [1.165, 1.54) is 0 Å². The zero-order chi connectivity index (χ0) is 21.5. The molecule has 0 saturated carbocycles. The van der Waals surface area contributed by atoms with Crippen molar-refractivity contribution in [3.05, 3.63) is 102 Å². The van der Waals surface area contributed by atoms with Gasteiger partial charge in [-0.1, -0.05) is 78.9 Å². The molecule has 0 N–H and O–H groups in total. The van der Waals surface area contributed by atoms with Crippen LogP contribution in [0, 0.1) is 0 Å². The van der Waals surface area contributed by atoms with E-state index in [9.17, 15) is 0 Å². The van der Waals surface area contributed by atoms with Crippen molar-refractivity contribution in [2.24, 2.45) is 0 Å². The molecule has 2 aromatic heterocycles. The second-order valence-electron chi connectivity index (χ2n) is 7.45. The Kier molecular flexibility index (Phi) is 4.44. The average molecular weight is 434 g/mol.